The second kappa shape index (κ2) is 8.93. The molecule has 0 aliphatic carbocycles. The number of carbonyl (C=O) groups excluding carboxylic acids is 1. The van der Waals surface area contributed by atoms with E-state index in [1.807, 2.05) is 31.2 Å². The van der Waals surface area contributed by atoms with Gasteiger partial charge in [0.15, 0.2) is 6.54 Å². The zero-order chi connectivity index (χ0) is 21.7. The number of nitrogens with zero attached hydrogens (tertiary/aromatic N) is 2. The Morgan fingerprint density at radius 2 is 1.34 bits per heavy atom. The van der Waals surface area contributed by atoms with Gasteiger partial charge in [-0.1, -0.05) is 67.2 Å². The molecule has 1 atom stereocenters. The number of likely N-dealkylation sites (N-methyl/N-ethyl adjacent to an activating group) is 2. The van der Waals surface area contributed by atoms with Gasteiger partial charge in [-0.05, 0) is 6.92 Å². The molecule has 0 N–H and O–H groups in total. The van der Waals surface area contributed by atoms with Crippen LogP contribution in [0, 0.1) is 0 Å². The SMILES string of the molecule is C=C(C)C(=O)OC(C)(C[N+](C)(C)Cc1ccccc1)[N+](C)(C)Cc1ccccc1. The predicted octanol–water partition coefficient (Wildman–Crippen LogP) is 4.38. The average molecular weight is 397 g/mol. The lowest BCUT2D eigenvalue weighted by atomic mass is 10.1. The summed E-state index contributed by atoms with van der Waals surface area (Å²) in [7, 11) is 8.62. The molecule has 0 radical (unpaired) electrons. The largest absolute Gasteiger partial charge is 0.401 e. The maximum Gasteiger partial charge on any atom is 0.338 e. The van der Waals surface area contributed by atoms with Gasteiger partial charge in [0, 0.05) is 23.6 Å². The molecule has 29 heavy (non-hydrogen) atoms. The monoisotopic (exact) mass is 396 g/mol. The van der Waals surface area contributed by atoms with Gasteiger partial charge in [0.1, 0.15) is 13.1 Å². The first-order valence-corrected chi connectivity index (χ1v) is 10.1. The fourth-order valence-electron chi connectivity index (χ4n) is 3.77. The van der Waals surface area contributed by atoms with Gasteiger partial charge in [0.25, 0.3) is 5.72 Å². The van der Waals surface area contributed by atoms with Crippen molar-refractivity contribution in [2.45, 2.75) is 32.7 Å². The summed E-state index contributed by atoms with van der Waals surface area (Å²) in [6.45, 7) is 9.80. The quantitative estimate of drug-likeness (QED) is 0.272. The van der Waals surface area contributed by atoms with Crippen molar-refractivity contribution in [1.82, 2.24) is 0 Å². The van der Waals surface area contributed by atoms with E-state index in [2.05, 4.69) is 71.2 Å². The molecule has 0 aliphatic rings. The summed E-state index contributed by atoms with van der Waals surface area (Å²) < 4.78 is 7.34. The number of hydrogen-bond donors (Lipinski definition) is 0. The van der Waals surface area contributed by atoms with Gasteiger partial charge < -0.3 is 9.22 Å². The Hall–Kier alpha value is -2.43. The van der Waals surface area contributed by atoms with E-state index in [0.717, 1.165) is 13.1 Å². The number of hydrogen-bond acceptors (Lipinski definition) is 2. The molecule has 0 saturated heterocycles. The minimum absolute atomic E-state index is 0.341. The molecule has 2 aromatic carbocycles. The summed E-state index contributed by atoms with van der Waals surface area (Å²) in [6, 6.07) is 20.8. The Bertz CT molecular complexity index is 828. The van der Waals surface area contributed by atoms with Crippen molar-refractivity contribution in [3.8, 4) is 0 Å². The molecule has 4 heteroatoms. The third kappa shape index (κ3) is 6.28. The first kappa shape index (κ1) is 22.9. The molecule has 0 amide bonds. The topological polar surface area (TPSA) is 26.3 Å². The van der Waals surface area contributed by atoms with Crippen LogP contribution in [-0.4, -0.2) is 55.4 Å². The standard InChI is InChI=1S/C25H36N2O2/c1-21(2)24(28)29-25(3,27(6,7)19-23-16-12-9-13-17-23)20-26(4,5)18-22-14-10-8-11-15-22/h8-17H,1,18-20H2,2-7H3/q+2. The summed E-state index contributed by atoms with van der Waals surface area (Å²) in [5, 5.41) is 0. The molecular formula is C25H36N2O2+2. The molecule has 0 aliphatic heterocycles. The van der Waals surface area contributed by atoms with Crippen LogP contribution >= 0.6 is 0 Å². The summed E-state index contributed by atoms with van der Waals surface area (Å²) >= 11 is 0. The van der Waals surface area contributed by atoms with Crippen LogP contribution in [-0.2, 0) is 22.6 Å². The molecule has 2 aromatic rings. The minimum Gasteiger partial charge on any atom is -0.401 e. The van der Waals surface area contributed by atoms with Crippen molar-refractivity contribution in [3.05, 3.63) is 83.9 Å². The van der Waals surface area contributed by atoms with Crippen LogP contribution in [0.2, 0.25) is 0 Å². The van der Waals surface area contributed by atoms with Crippen molar-refractivity contribution in [2.75, 3.05) is 34.7 Å². The van der Waals surface area contributed by atoms with Gasteiger partial charge in [-0.3, -0.25) is 4.48 Å². The Kier molecular flexibility index (Phi) is 7.04. The van der Waals surface area contributed by atoms with Crippen molar-refractivity contribution in [1.29, 1.82) is 0 Å². The summed E-state index contributed by atoms with van der Waals surface area (Å²) in [5.74, 6) is -0.341. The van der Waals surface area contributed by atoms with Crippen LogP contribution in [0.4, 0.5) is 0 Å². The van der Waals surface area contributed by atoms with Crippen molar-refractivity contribution < 1.29 is 18.5 Å². The highest BCUT2D eigenvalue weighted by Gasteiger charge is 2.50. The van der Waals surface area contributed by atoms with E-state index in [4.69, 9.17) is 4.74 Å². The lowest BCUT2D eigenvalue weighted by molar-refractivity contribution is -1.02. The van der Waals surface area contributed by atoms with Crippen LogP contribution in [0.25, 0.3) is 0 Å². The van der Waals surface area contributed by atoms with Gasteiger partial charge in [-0.25, -0.2) is 4.79 Å². The molecule has 2 rings (SSSR count). The fraction of sp³-hybridized carbons (Fsp3) is 0.400. The fourth-order valence-corrected chi connectivity index (χ4v) is 3.77. The van der Waals surface area contributed by atoms with E-state index in [1.54, 1.807) is 6.92 Å². The molecule has 0 heterocycles. The molecule has 0 saturated carbocycles. The minimum atomic E-state index is -0.732. The molecule has 4 nitrogen and oxygen atoms in total. The molecule has 156 valence electrons. The maximum atomic E-state index is 12.6. The Labute approximate surface area is 176 Å². The van der Waals surface area contributed by atoms with E-state index in [0.29, 0.717) is 21.1 Å². The predicted molar refractivity (Wildman–Crippen MR) is 119 cm³/mol. The molecule has 0 bridgehead atoms. The van der Waals surface area contributed by atoms with Crippen molar-refractivity contribution in [2.24, 2.45) is 0 Å². The molecule has 0 aromatic heterocycles. The first-order valence-electron chi connectivity index (χ1n) is 10.1. The van der Waals surface area contributed by atoms with Gasteiger partial charge in [-0.15, -0.1) is 0 Å². The van der Waals surface area contributed by atoms with Crippen molar-refractivity contribution in [3.63, 3.8) is 0 Å². The van der Waals surface area contributed by atoms with E-state index in [-0.39, 0.29) is 5.97 Å². The second-order valence-electron chi connectivity index (χ2n) is 9.41. The number of carbonyl (C=O) groups is 1. The first-order chi connectivity index (χ1) is 13.4. The summed E-state index contributed by atoms with van der Waals surface area (Å²) in [5.41, 5.74) is 2.16. The Balaban J connectivity index is 2.33. The van der Waals surface area contributed by atoms with Crippen LogP contribution < -0.4 is 0 Å². The van der Waals surface area contributed by atoms with Crippen LogP contribution in [0.5, 0.6) is 0 Å². The summed E-state index contributed by atoms with van der Waals surface area (Å²) in [4.78, 5) is 12.6. The van der Waals surface area contributed by atoms with E-state index < -0.39 is 5.72 Å². The Morgan fingerprint density at radius 3 is 1.79 bits per heavy atom. The normalized spacial score (nSPS) is 14.1. The van der Waals surface area contributed by atoms with Gasteiger partial charge in [0.2, 0.25) is 0 Å². The lowest BCUT2D eigenvalue weighted by Gasteiger charge is -2.48. The van der Waals surface area contributed by atoms with Crippen LogP contribution in [0.1, 0.15) is 25.0 Å². The molecule has 1 unspecified atom stereocenters. The zero-order valence-electron chi connectivity index (χ0n) is 18.8. The van der Waals surface area contributed by atoms with Crippen molar-refractivity contribution >= 4 is 5.97 Å². The lowest BCUT2D eigenvalue weighted by Crippen LogP contribution is -2.66. The average Bonchev–Trinajstić information content (AvgIpc) is 2.61. The molecular weight excluding hydrogens is 360 g/mol. The highest BCUT2D eigenvalue weighted by Crippen LogP contribution is 2.30. The number of esters is 1. The number of benzene rings is 2. The zero-order valence-corrected chi connectivity index (χ0v) is 18.8. The second-order valence-corrected chi connectivity index (χ2v) is 9.41. The van der Waals surface area contributed by atoms with E-state index in [1.165, 1.54) is 11.1 Å². The molecule has 0 fully saturated rings. The third-order valence-electron chi connectivity index (χ3n) is 5.54. The van der Waals surface area contributed by atoms with E-state index >= 15 is 0 Å². The van der Waals surface area contributed by atoms with Gasteiger partial charge >= 0.3 is 5.97 Å². The third-order valence-corrected chi connectivity index (χ3v) is 5.54. The maximum absolute atomic E-state index is 12.6. The highest BCUT2D eigenvalue weighted by atomic mass is 16.6. The number of quaternary nitrogens is 2. The summed E-state index contributed by atoms with van der Waals surface area (Å²) in [6.07, 6.45) is 0. The Morgan fingerprint density at radius 1 is 0.897 bits per heavy atom. The molecule has 0 spiro atoms. The van der Waals surface area contributed by atoms with Gasteiger partial charge in [0.05, 0.1) is 28.2 Å². The highest BCUT2D eigenvalue weighted by molar-refractivity contribution is 5.87. The van der Waals surface area contributed by atoms with Gasteiger partial charge in [-0.2, -0.15) is 0 Å². The number of ether oxygens (including phenoxy) is 1. The smallest absolute Gasteiger partial charge is 0.338 e. The van der Waals surface area contributed by atoms with Crippen LogP contribution in [0.3, 0.4) is 0 Å². The van der Waals surface area contributed by atoms with Crippen LogP contribution in [0.15, 0.2) is 72.8 Å². The number of rotatable bonds is 9. The van der Waals surface area contributed by atoms with E-state index in [9.17, 15) is 4.79 Å².